The van der Waals surface area contributed by atoms with Crippen molar-refractivity contribution < 1.29 is 9.21 Å². The number of hydrogen-bond acceptors (Lipinski definition) is 7. The van der Waals surface area contributed by atoms with Crippen LogP contribution >= 0.6 is 22.7 Å². The zero-order valence-electron chi connectivity index (χ0n) is 15.6. The van der Waals surface area contributed by atoms with E-state index >= 15 is 0 Å². The van der Waals surface area contributed by atoms with Gasteiger partial charge in [-0.2, -0.15) is 0 Å². The molecule has 1 N–H and O–H groups in total. The summed E-state index contributed by atoms with van der Waals surface area (Å²) >= 11 is 2.90. The molecule has 0 aliphatic heterocycles. The highest BCUT2D eigenvalue weighted by molar-refractivity contribution is 7.15. The van der Waals surface area contributed by atoms with Crippen molar-refractivity contribution in [1.82, 2.24) is 15.2 Å². The molecule has 0 aliphatic rings. The number of nitrogens with one attached hydrogen (secondary N) is 1. The van der Waals surface area contributed by atoms with Gasteiger partial charge in [-0.05, 0) is 32.4 Å². The molecule has 0 bridgehead atoms. The Kier molecular flexibility index (Phi) is 4.82. The molecule has 0 aliphatic carbocycles. The van der Waals surface area contributed by atoms with Crippen LogP contribution in [0.15, 0.2) is 52.5 Å². The van der Waals surface area contributed by atoms with Crippen molar-refractivity contribution in [2.45, 2.75) is 26.2 Å². The lowest BCUT2D eigenvalue weighted by molar-refractivity contribution is 0.102. The fraction of sp³-hybridized carbons (Fsp3) is 0.200. The van der Waals surface area contributed by atoms with E-state index in [2.05, 4.69) is 46.5 Å². The van der Waals surface area contributed by atoms with Gasteiger partial charge in [-0.15, -0.1) is 21.5 Å². The Morgan fingerprint density at radius 1 is 1.18 bits per heavy atom. The van der Waals surface area contributed by atoms with E-state index in [1.54, 1.807) is 6.07 Å². The first-order valence-electron chi connectivity index (χ1n) is 8.65. The molecule has 0 saturated carbocycles. The van der Waals surface area contributed by atoms with Crippen molar-refractivity contribution in [3.63, 3.8) is 0 Å². The average Bonchev–Trinajstić information content (AvgIpc) is 3.42. The third-order valence-corrected chi connectivity index (χ3v) is 6.34. The first-order valence-corrected chi connectivity index (χ1v) is 10.3. The molecule has 28 heavy (non-hydrogen) atoms. The second-order valence-electron chi connectivity index (χ2n) is 6.81. The lowest BCUT2D eigenvalue weighted by atomic mass is 9.85. The van der Waals surface area contributed by atoms with Gasteiger partial charge in [-0.3, -0.25) is 10.1 Å². The number of aryl methyl sites for hydroxylation is 1. The summed E-state index contributed by atoms with van der Waals surface area (Å²) in [7, 11) is 0. The maximum atomic E-state index is 12.5. The molecular formula is C20H18N4O2S2. The minimum atomic E-state index is -0.298. The summed E-state index contributed by atoms with van der Waals surface area (Å²) in [4.78, 5) is 16.9. The topological polar surface area (TPSA) is 80.9 Å². The first kappa shape index (κ1) is 18.5. The standard InChI is InChI=1S/C20H18N4O2S2/c1-12-21-15(11-27-12)16-9-13(10-26-16)17(25)22-19-24-23-18(28-19)20(2,3)14-7-5-4-6-8-14/h4-11H,1-3H3,(H,22,24,25). The minimum Gasteiger partial charge on any atom is -0.462 e. The number of carbonyl (C=O) groups excluding carboxylic acids is 1. The monoisotopic (exact) mass is 410 g/mol. The lowest BCUT2D eigenvalue weighted by Crippen LogP contribution is -2.18. The summed E-state index contributed by atoms with van der Waals surface area (Å²) in [5, 5.41) is 15.4. The summed E-state index contributed by atoms with van der Waals surface area (Å²) in [6.07, 6.45) is 1.43. The van der Waals surface area contributed by atoms with E-state index in [0.717, 1.165) is 21.3 Å². The van der Waals surface area contributed by atoms with Crippen LogP contribution in [0.4, 0.5) is 5.13 Å². The number of rotatable bonds is 5. The SMILES string of the molecule is Cc1nc(-c2cc(C(=O)Nc3nnc(C(C)(C)c4ccccc4)s3)co2)cs1. The van der Waals surface area contributed by atoms with Gasteiger partial charge in [-0.25, -0.2) is 4.98 Å². The van der Waals surface area contributed by atoms with E-state index in [0.29, 0.717) is 16.5 Å². The Labute approximate surface area is 170 Å². The predicted octanol–water partition coefficient (Wildman–Crippen LogP) is 5.14. The maximum absolute atomic E-state index is 12.5. The van der Waals surface area contributed by atoms with Crippen molar-refractivity contribution >= 4 is 33.7 Å². The molecule has 6 nitrogen and oxygen atoms in total. The smallest absolute Gasteiger partial charge is 0.260 e. The summed E-state index contributed by atoms with van der Waals surface area (Å²) in [5.74, 6) is 0.278. The largest absolute Gasteiger partial charge is 0.462 e. The van der Waals surface area contributed by atoms with Gasteiger partial charge >= 0.3 is 0 Å². The van der Waals surface area contributed by atoms with Gasteiger partial charge in [0.2, 0.25) is 5.13 Å². The third-order valence-electron chi connectivity index (χ3n) is 4.41. The van der Waals surface area contributed by atoms with Gasteiger partial charge in [0.05, 0.1) is 10.6 Å². The number of anilines is 1. The predicted molar refractivity (Wildman–Crippen MR) is 111 cm³/mol. The Bertz CT molecular complexity index is 1110. The Balaban J connectivity index is 1.50. The number of benzene rings is 1. The summed E-state index contributed by atoms with van der Waals surface area (Å²) < 4.78 is 5.49. The van der Waals surface area contributed by atoms with Crippen LogP contribution in [-0.4, -0.2) is 21.1 Å². The van der Waals surface area contributed by atoms with E-state index in [1.807, 2.05) is 30.5 Å². The number of carbonyl (C=O) groups is 1. The number of furan rings is 1. The van der Waals surface area contributed by atoms with Crippen molar-refractivity contribution in [2.75, 3.05) is 5.32 Å². The molecule has 0 spiro atoms. The number of aromatic nitrogens is 3. The van der Waals surface area contributed by atoms with Gasteiger partial charge in [0.1, 0.15) is 17.0 Å². The number of nitrogens with zero attached hydrogens (tertiary/aromatic N) is 3. The zero-order chi connectivity index (χ0) is 19.7. The zero-order valence-corrected chi connectivity index (χ0v) is 17.2. The van der Waals surface area contributed by atoms with E-state index < -0.39 is 0 Å². The van der Waals surface area contributed by atoms with Crippen molar-refractivity contribution in [3.05, 3.63) is 69.2 Å². The Hall–Kier alpha value is -2.84. The van der Waals surface area contributed by atoms with Crippen molar-refractivity contribution in [2.24, 2.45) is 0 Å². The molecule has 142 valence electrons. The molecule has 4 rings (SSSR count). The molecular weight excluding hydrogens is 392 g/mol. The minimum absolute atomic E-state index is 0.290. The second-order valence-corrected chi connectivity index (χ2v) is 8.85. The summed E-state index contributed by atoms with van der Waals surface area (Å²) in [5.41, 5.74) is 1.99. The fourth-order valence-electron chi connectivity index (χ4n) is 2.74. The lowest BCUT2D eigenvalue weighted by Gasteiger charge is -2.21. The van der Waals surface area contributed by atoms with E-state index in [9.17, 15) is 4.79 Å². The van der Waals surface area contributed by atoms with Crippen LogP contribution in [0.1, 0.15) is 39.8 Å². The molecule has 8 heteroatoms. The van der Waals surface area contributed by atoms with Gasteiger partial charge < -0.3 is 4.42 Å². The highest BCUT2D eigenvalue weighted by Gasteiger charge is 2.28. The van der Waals surface area contributed by atoms with Gasteiger partial charge in [0, 0.05) is 10.8 Å². The van der Waals surface area contributed by atoms with Gasteiger partial charge in [0.25, 0.3) is 5.91 Å². The fourth-order valence-corrected chi connectivity index (χ4v) is 4.21. The van der Waals surface area contributed by atoms with Crippen LogP contribution in [0, 0.1) is 6.92 Å². The second kappa shape index (κ2) is 7.29. The molecule has 0 fully saturated rings. The quantitative estimate of drug-likeness (QED) is 0.493. The van der Waals surface area contributed by atoms with Crippen LogP contribution in [0.2, 0.25) is 0 Å². The molecule has 1 amide bonds. The molecule has 0 atom stereocenters. The number of hydrogen-bond donors (Lipinski definition) is 1. The maximum Gasteiger partial charge on any atom is 0.260 e. The van der Waals surface area contributed by atoms with Crippen LogP contribution in [0.3, 0.4) is 0 Å². The van der Waals surface area contributed by atoms with Crippen molar-refractivity contribution in [3.8, 4) is 11.5 Å². The van der Waals surface area contributed by atoms with Crippen LogP contribution in [-0.2, 0) is 5.41 Å². The third kappa shape index (κ3) is 3.61. The normalized spacial score (nSPS) is 11.5. The molecule has 3 heterocycles. The van der Waals surface area contributed by atoms with E-state index in [-0.39, 0.29) is 11.3 Å². The molecule has 0 saturated heterocycles. The van der Waals surface area contributed by atoms with E-state index in [4.69, 9.17) is 4.42 Å². The summed E-state index contributed by atoms with van der Waals surface area (Å²) in [6.45, 7) is 6.11. The Morgan fingerprint density at radius 3 is 2.68 bits per heavy atom. The average molecular weight is 411 g/mol. The number of amides is 1. The molecule has 3 aromatic heterocycles. The molecule has 0 unspecified atom stereocenters. The first-order chi connectivity index (χ1) is 13.4. The Morgan fingerprint density at radius 2 is 1.96 bits per heavy atom. The van der Waals surface area contributed by atoms with Gasteiger partial charge in [0.15, 0.2) is 5.76 Å². The molecule has 0 radical (unpaired) electrons. The molecule has 4 aromatic rings. The highest BCUT2D eigenvalue weighted by Crippen LogP contribution is 2.34. The van der Waals surface area contributed by atoms with Crippen molar-refractivity contribution in [1.29, 1.82) is 0 Å². The van der Waals surface area contributed by atoms with Crippen LogP contribution in [0.25, 0.3) is 11.5 Å². The van der Waals surface area contributed by atoms with E-state index in [1.165, 1.54) is 28.9 Å². The molecule has 1 aromatic carbocycles. The number of thiazole rings is 1. The highest BCUT2D eigenvalue weighted by atomic mass is 32.1. The summed E-state index contributed by atoms with van der Waals surface area (Å²) in [6, 6.07) is 11.8. The van der Waals surface area contributed by atoms with Gasteiger partial charge in [-0.1, -0.05) is 41.7 Å². The van der Waals surface area contributed by atoms with Crippen LogP contribution in [0.5, 0.6) is 0 Å². The van der Waals surface area contributed by atoms with Crippen LogP contribution < -0.4 is 5.32 Å².